The maximum absolute atomic E-state index is 5.15. The Morgan fingerprint density at radius 1 is 1.05 bits per heavy atom. The van der Waals surface area contributed by atoms with Gasteiger partial charge in [-0.25, -0.2) is 0 Å². The summed E-state index contributed by atoms with van der Waals surface area (Å²) in [4.78, 5) is 4.66. The SMILES string of the molecule is COc1ccc(C=N[C@@H](C)c2cc(C)ccc2C)cc1. The second kappa shape index (κ2) is 6.38. The summed E-state index contributed by atoms with van der Waals surface area (Å²) in [5.74, 6) is 0.865. The summed E-state index contributed by atoms with van der Waals surface area (Å²) in [5, 5.41) is 0. The van der Waals surface area contributed by atoms with E-state index in [4.69, 9.17) is 4.74 Å². The summed E-state index contributed by atoms with van der Waals surface area (Å²) < 4.78 is 5.15. The Morgan fingerprint density at radius 2 is 1.75 bits per heavy atom. The van der Waals surface area contributed by atoms with Gasteiger partial charge in [-0.1, -0.05) is 23.8 Å². The van der Waals surface area contributed by atoms with E-state index in [2.05, 4.69) is 44.0 Å². The van der Waals surface area contributed by atoms with Gasteiger partial charge in [0.1, 0.15) is 5.75 Å². The highest BCUT2D eigenvalue weighted by Crippen LogP contribution is 2.22. The zero-order valence-electron chi connectivity index (χ0n) is 12.6. The van der Waals surface area contributed by atoms with E-state index in [0.29, 0.717) is 0 Å². The molecule has 0 N–H and O–H groups in total. The van der Waals surface area contributed by atoms with Crippen LogP contribution in [0.2, 0.25) is 0 Å². The van der Waals surface area contributed by atoms with Crippen LogP contribution in [0.25, 0.3) is 0 Å². The van der Waals surface area contributed by atoms with Crippen molar-refractivity contribution in [2.45, 2.75) is 26.8 Å². The normalized spacial score (nSPS) is 12.6. The third kappa shape index (κ3) is 3.47. The zero-order valence-corrected chi connectivity index (χ0v) is 12.6. The van der Waals surface area contributed by atoms with Crippen molar-refractivity contribution in [1.82, 2.24) is 0 Å². The number of ether oxygens (including phenoxy) is 1. The van der Waals surface area contributed by atoms with E-state index >= 15 is 0 Å². The first kappa shape index (κ1) is 14.3. The summed E-state index contributed by atoms with van der Waals surface area (Å²) in [6.07, 6.45) is 1.92. The van der Waals surface area contributed by atoms with Crippen molar-refractivity contribution in [1.29, 1.82) is 0 Å². The molecular formula is C18H21NO. The average molecular weight is 267 g/mol. The standard InChI is InChI=1S/C18H21NO/c1-13-5-6-14(2)18(11-13)15(3)19-12-16-7-9-17(20-4)10-8-16/h5-12,15H,1-4H3/t15-/m0/s1. The molecule has 2 aromatic carbocycles. The number of aryl methyl sites for hydroxylation is 2. The molecule has 0 aromatic heterocycles. The first-order chi connectivity index (χ1) is 9.60. The minimum atomic E-state index is 0.164. The van der Waals surface area contributed by atoms with Crippen molar-refractivity contribution in [2.24, 2.45) is 4.99 Å². The third-order valence-corrected chi connectivity index (χ3v) is 3.45. The summed E-state index contributed by atoms with van der Waals surface area (Å²) in [5.41, 5.74) is 4.93. The summed E-state index contributed by atoms with van der Waals surface area (Å²) >= 11 is 0. The first-order valence-electron chi connectivity index (χ1n) is 6.84. The molecule has 2 aromatic rings. The van der Waals surface area contributed by atoms with Crippen LogP contribution in [-0.2, 0) is 0 Å². The molecule has 0 aliphatic heterocycles. The number of aliphatic imine (C=N–C) groups is 1. The molecule has 20 heavy (non-hydrogen) atoms. The van der Waals surface area contributed by atoms with Gasteiger partial charge in [0.2, 0.25) is 0 Å². The highest BCUT2D eigenvalue weighted by molar-refractivity contribution is 5.80. The summed E-state index contributed by atoms with van der Waals surface area (Å²) in [6.45, 7) is 6.37. The van der Waals surface area contributed by atoms with E-state index in [0.717, 1.165) is 11.3 Å². The number of nitrogens with zero attached hydrogens (tertiary/aromatic N) is 1. The first-order valence-corrected chi connectivity index (χ1v) is 6.84. The fraction of sp³-hybridized carbons (Fsp3) is 0.278. The van der Waals surface area contributed by atoms with E-state index in [1.54, 1.807) is 7.11 Å². The van der Waals surface area contributed by atoms with Gasteiger partial charge in [-0.3, -0.25) is 4.99 Å². The minimum absolute atomic E-state index is 0.164. The number of benzene rings is 2. The van der Waals surface area contributed by atoms with Crippen molar-refractivity contribution in [3.05, 3.63) is 64.7 Å². The Kier molecular flexibility index (Phi) is 4.57. The van der Waals surface area contributed by atoms with Gasteiger partial charge in [0.15, 0.2) is 0 Å². The van der Waals surface area contributed by atoms with Gasteiger partial charge in [-0.2, -0.15) is 0 Å². The second-order valence-corrected chi connectivity index (χ2v) is 5.09. The van der Waals surface area contributed by atoms with Gasteiger partial charge in [-0.15, -0.1) is 0 Å². The Hall–Kier alpha value is -2.09. The molecule has 0 aliphatic carbocycles. The lowest BCUT2D eigenvalue weighted by Gasteiger charge is -2.11. The van der Waals surface area contributed by atoms with Gasteiger partial charge in [0.05, 0.1) is 13.2 Å². The Morgan fingerprint density at radius 3 is 2.40 bits per heavy atom. The van der Waals surface area contributed by atoms with Crippen LogP contribution in [-0.4, -0.2) is 13.3 Å². The molecule has 1 atom stereocenters. The van der Waals surface area contributed by atoms with E-state index in [1.807, 2.05) is 30.5 Å². The predicted octanol–water partition coefficient (Wildman–Crippen LogP) is 4.49. The van der Waals surface area contributed by atoms with E-state index in [-0.39, 0.29) is 6.04 Å². The molecule has 104 valence electrons. The van der Waals surface area contributed by atoms with Crippen LogP contribution in [0.1, 0.15) is 35.2 Å². The monoisotopic (exact) mass is 267 g/mol. The van der Waals surface area contributed by atoms with E-state index < -0.39 is 0 Å². The van der Waals surface area contributed by atoms with E-state index in [1.165, 1.54) is 16.7 Å². The molecule has 0 aliphatic rings. The molecule has 0 unspecified atom stereocenters. The Balaban J connectivity index is 2.15. The van der Waals surface area contributed by atoms with E-state index in [9.17, 15) is 0 Å². The lowest BCUT2D eigenvalue weighted by molar-refractivity contribution is 0.415. The van der Waals surface area contributed by atoms with Crippen molar-refractivity contribution in [3.63, 3.8) is 0 Å². The molecule has 0 fully saturated rings. The number of methoxy groups -OCH3 is 1. The van der Waals surface area contributed by atoms with Crippen molar-refractivity contribution in [2.75, 3.05) is 7.11 Å². The maximum Gasteiger partial charge on any atom is 0.118 e. The zero-order chi connectivity index (χ0) is 14.5. The lowest BCUT2D eigenvalue weighted by Crippen LogP contribution is -1.95. The molecule has 2 rings (SSSR count). The van der Waals surface area contributed by atoms with Gasteiger partial charge >= 0.3 is 0 Å². The van der Waals surface area contributed by atoms with Crippen molar-refractivity contribution in [3.8, 4) is 5.75 Å². The number of hydrogen-bond acceptors (Lipinski definition) is 2. The highest BCUT2D eigenvalue weighted by Gasteiger charge is 2.06. The van der Waals surface area contributed by atoms with Crippen LogP contribution in [0.3, 0.4) is 0 Å². The molecule has 0 amide bonds. The number of rotatable bonds is 4. The molecular weight excluding hydrogens is 246 g/mol. The van der Waals surface area contributed by atoms with Crippen LogP contribution >= 0.6 is 0 Å². The molecule has 2 heteroatoms. The molecule has 0 spiro atoms. The third-order valence-electron chi connectivity index (χ3n) is 3.45. The van der Waals surface area contributed by atoms with Crippen LogP contribution in [0.15, 0.2) is 47.5 Å². The highest BCUT2D eigenvalue weighted by atomic mass is 16.5. The van der Waals surface area contributed by atoms with Gasteiger partial charge in [-0.05, 0) is 61.7 Å². The average Bonchev–Trinajstić information content (AvgIpc) is 2.47. The van der Waals surface area contributed by atoms with Crippen LogP contribution in [0.4, 0.5) is 0 Å². The van der Waals surface area contributed by atoms with Crippen LogP contribution in [0.5, 0.6) is 5.75 Å². The molecule has 0 heterocycles. The molecule has 0 saturated heterocycles. The topological polar surface area (TPSA) is 21.6 Å². The Labute approximate surface area is 121 Å². The quantitative estimate of drug-likeness (QED) is 0.748. The van der Waals surface area contributed by atoms with Crippen molar-refractivity contribution < 1.29 is 4.74 Å². The smallest absolute Gasteiger partial charge is 0.118 e. The lowest BCUT2D eigenvalue weighted by atomic mass is 10.0. The number of hydrogen-bond donors (Lipinski definition) is 0. The molecule has 0 radical (unpaired) electrons. The molecule has 0 saturated carbocycles. The van der Waals surface area contributed by atoms with Gasteiger partial charge in [0.25, 0.3) is 0 Å². The second-order valence-electron chi connectivity index (χ2n) is 5.09. The largest absolute Gasteiger partial charge is 0.497 e. The molecule has 2 nitrogen and oxygen atoms in total. The van der Waals surface area contributed by atoms with Crippen LogP contribution in [0, 0.1) is 13.8 Å². The van der Waals surface area contributed by atoms with Gasteiger partial charge in [0, 0.05) is 6.21 Å². The fourth-order valence-corrected chi connectivity index (χ4v) is 2.18. The molecule has 0 bridgehead atoms. The summed E-state index contributed by atoms with van der Waals surface area (Å²) in [7, 11) is 1.67. The fourth-order valence-electron chi connectivity index (χ4n) is 2.18. The summed E-state index contributed by atoms with van der Waals surface area (Å²) in [6, 6.07) is 14.6. The maximum atomic E-state index is 5.15. The Bertz CT molecular complexity index is 599. The minimum Gasteiger partial charge on any atom is -0.497 e. The van der Waals surface area contributed by atoms with Crippen molar-refractivity contribution >= 4 is 6.21 Å². The predicted molar refractivity (Wildman–Crippen MR) is 84.9 cm³/mol. The van der Waals surface area contributed by atoms with Gasteiger partial charge < -0.3 is 4.74 Å². The van der Waals surface area contributed by atoms with Crippen LogP contribution < -0.4 is 4.74 Å².